The molecule has 116 valence electrons. The van der Waals surface area contributed by atoms with E-state index in [1.807, 2.05) is 24.5 Å². The van der Waals surface area contributed by atoms with E-state index in [0.29, 0.717) is 0 Å². The summed E-state index contributed by atoms with van der Waals surface area (Å²) in [4.78, 5) is 11.3. The van der Waals surface area contributed by atoms with Crippen LogP contribution < -0.4 is 0 Å². The Morgan fingerprint density at radius 3 is 2.59 bits per heavy atom. The number of rotatable bonds is 5. The molecule has 22 heavy (non-hydrogen) atoms. The van der Waals surface area contributed by atoms with Gasteiger partial charge in [-0.2, -0.15) is 0 Å². The summed E-state index contributed by atoms with van der Waals surface area (Å²) in [6.45, 7) is 2.12. The third-order valence-electron chi connectivity index (χ3n) is 4.51. The van der Waals surface area contributed by atoms with Crippen molar-refractivity contribution in [3.8, 4) is 11.3 Å². The molecular weight excluding hydrogens is 270 g/mol. The van der Waals surface area contributed by atoms with Crippen molar-refractivity contribution in [3.63, 3.8) is 0 Å². The molecule has 1 aliphatic carbocycles. The molecule has 0 aliphatic heterocycles. The van der Waals surface area contributed by atoms with E-state index in [1.54, 1.807) is 0 Å². The summed E-state index contributed by atoms with van der Waals surface area (Å²) >= 11 is 0. The number of pyridine rings is 2. The van der Waals surface area contributed by atoms with E-state index in [1.165, 1.54) is 38.6 Å². The average Bonchev–Trinajstić information content (AvgIpc) is 2.57. The van der Waals surface area contributed by atoms with Crippen LogP contribution >= 0.6 is 0 Å². The Morgan fingerprint density at radius 2 is 1.82 bits per heavy atom. The van der Waals surface area contributed by atoms with Crippen LogP contribution in [0.4, 0.5) is 0 Å². The van der Waals surface area contributed by atoms with Gasteiger partial charge >= 0.3 is 0 Å². The minimum absolute atomic E-state index is 0.877. The molecule has 3 nitrogen and oxygen atoms in total. The van der Waals surface area contributed by atoms with E-state index in [0.717, 1.165) is 29.4 Å². The molecule has 0 bridgehead atoms. The second kappa shape index (κ2) is 7.50. The third-order valence-corrected chi connectivity index (χ3v) is 4.51. The average molecular weight is 295 g/mol. The minimum Gasteiger partial charge on any atom is -0.300 e. The first-order valence-corrected chi connectivity index (χ1v) is 8.36. The minimum atomic E-state index is 0.877. The molecule has 3 heteroatoms. The monoisotopic (exact) mass is 295 g/mol. The second-order valence-corrected chi connectivity index (χ2v) is 6.45. The van der Waals surface area contributed by atoms with Gasteiger partial charge in [-0.1, -0.05) is 25.3 Å². The molecule has 0 spiro atoms. The maximum Gasteiger partial charge on any atom is 0.0706 e. The molecule has 3 rings (SSSR count). The lowest BCUT2D eigenvalue weighted by Crippen LogP contribution is -2.27. The summed E-state index contributed by atoms with van der Waals surface area (Å²) in [6, 6.07) is 10.3. The van der Waals surface area contributed by atoms with Gasteiger partial charge in [-0.25, -0.2) is 0 Å². The Labute approximate surface area is 133 Å². The Balaban J connectivity index is 1.62. The molecule has 0 saturated heterocycles. The SMILES string of the molecule is CN(Cc1cccc(-c2ccncc2)n1)CC1CCCCC1. The van der Waals surface area contributed by atoms with E-state index in [2.05, 4.69) is 35.1 Å². The van der Waals surface area contributed by atoms with Crippen molar-refractivity contribution >= 4 is 0 Å². The van der Waals surface area contributed by atoms with Gasteiger partial charge in [-0.05, 0) is 50.1 Å². The lowest BCUT2D eigenvalue weighted by atomic mass is 9.89. The first-order valence-electron chi connectivity index (χ1n) is 8.36. The van der Waals surface area contributed by atoms with E-state index >= 15 is 0 Å². The van der Waals surface area contributed by atoms with Crippen molar-refractivity contribution in [2.75, 3.05) is 13.6 Å². The Kier molecular flexibility index (Phi) is 5.17. The van der Waals surface area contributed by atoms with Gasteiger partial charge in [0.2, 0.25) is 0 Å². The summed E-state index contributed by atoms with van der Waals surface area (Å²) in [5, 5.41) is 0. The summed E-state index contributed by atoms with van der Waals surface area (Å²) in [7, 11) is 2.22. The van der Waals surface area contributed by atoms with Gasteiger partial charge in [-0.3, -0.25) is 9.97 Å². The molecule has 2 heterocycles. The van der Waals surface area contributed by atoms with Crippen molar-refractivity contribution < 1.29 is 0 Å². The normalized spacial score (nSPS) is 16.1. The zero-order valence-corrected chi connectivity index (χ0v) is 13.4. The first kappa shape index (κ1) is 15.2. The van der Waals surface area contributed by atoms with Crippen LogP contribution in [0.1, 0.15) is 37.8 Å². The maximum atomic E-state index is 4.81. The van der Waals surface area contributed by atoms with Crippen LogP contribution in [0.2, 0.25) is 0 Å². The zero-order chi connectivity index (χ0) is 15.2. The van der Waals surface area contributed by atoms with Crippen LogP contribution in [0, 0.1) is 5.92 Å². The van der Waals surface area contributed by atoms with Gasteiger partial charge in [0.25, 0.3) is 0 Å². The van der Waals surface area contributed by atoms with Gasteiger partial charge in [0.15, 0.2) is 0 Å². The van der Waals surface area contributed by atoms with Gasteiger partial charge in [0.1, 0.15) is 0 Å². The molecule has 1 aliphatic rings. The molecule has 0 amide bonds. The van der Waals surface area contributed by atoms with Gasteiger partial charge in [0, 0.05) is 31.0 Å². The number of aromatic nitrogens is 2. The summed E-state index contributed by atoms with van der Waals surface area (Å²) in [5.41, 5.74) is 3.31. The summed E-state index contributed by atoms with van der Waals surface area (Å²) < 4.78 is 0. The fourth-order valence-corrected chi connectivity index (χ4v) is 3.40. The highest BCUT2D eigenvalue weighted by Crippen LogP contribution is 2.24. The smallest absolute Gasteiger partial charge is 0.0706 e. The molecule has 1 saturated carbocycles. The molecule has 2 aromatic rings. The maximum absolute atomic E-state index is 4.81. The van der Waals surface area contributed by atoms with Crippen LogP contribution in [-0.2, 0) is 6.54 Å². The fourth-order valence-electron chi connectivity index (χ4n) is 3.40. The van der Waals surface area contributed by atoms with E-state index in [4.69, 9.17) is 4.98 Å². The Bertz CT molecular complexity index is 576. The van der Waals surface area contributed by atoms with E-state index < -0.39 is 0 Å². The van der Waals surface area contributed by atoms with Crippen LogP contribution in [0.5, 0.6) is 0 Å². The second-order valence-electron chi connectivity index (χ2n) is 6.45. The quantitative estimate of drug-likeness (QED) is 0.829. The summed E-state index contributed by atoms with van der Waals surface area (Å²) in [6.07, 6.45) is 10.7. The van der Waals surface area contributed by atoms with Gasteiger partial charge < -0.3 is 4.90 Å². The van der Waals surface area contributed by atoms with Gasteiger partial charge in [0.05, 0.1) is 11.4 Å². The topological polar surface area (TPSA) is 29.0 Å². The van der Waals surface area contributed by atoms with Crippen molar-refractivity contribution in [2.24, 2.45) is 5.92 Å². The van der Waals surface area contributed by atoms with Crippen LogP contribution in [-0.4, -0.2) is 28.5 Å². The largest absolute Gasteiger partial charge is 0.300 e. The summed E-state index contributed by atoms with van der Waals surface area (Å²) in [5.74, 6) is 0.877. The highest BCUT2D eigenvalue weighted by molar-refractivity contribution is 5.58. The highest BCUT2D eigenvalue weighted by Gasteiger charge is 2.15. The fraction of sp³-hybridized carbons (Fsp3) is 0.474. The predicted octanol–water partition coefficient (Wildman–Crippen LogP) is 4.16. The molecule has 0 aromatic carbocycles. The Morgan fingerprint density at radius 1 is 1.05 bits per heavy atom. The first-order chi connectivity index (χ1) is 10.8. The highest BCUT2D eigenvalue weighted by atomic mass is 15.1. The van der Waals surface area contributed by atoms with Crippen molar-refractivity contribution in [2.45, 2.75) is 38.6 Å². The third kappa shape index (κ3) is 4.14. The number of hydrogen-bond acceptors (Lipinski definition) is 3. The van der Waals surface area contributed by atoms with E-state index in [-0.39, 0.29) is 0 Å². The standard InChI is InChI=1S/C19H25N3/c1-22(14-16-6-3-2-4-7-16)15-18-8-5-9-19(21-18)17-10-12-20-13-11-17/h5,8-13,16H,2-4,6-7,14-15H2,1H3. The van der Waals surface area contributed by atoms with Crippen molar-refractivity contribution in [3.05, 3.63) is 48.4 Å². The lowest BCUT2D eigenvalue weighted by molar-refractivity contribution is 0.226. The molecule has 0 N–H and O–H groups in total. The number of nitrogens with zero attached hydrogens (tertiary/aromatic N) is 3. The van der Waals surface area contributed by atoms with Crippen molar-refractivity contribution in [1.29, 1.82) is 0 Å². The van der Waals surface area contributed by atoms with E-state index in [9.17, 15) is 0 Å². The molecule has 1 fully saturated rings. The molecule has 0 atom stereocenters. The molecule has 2 aromatic heterocycles. The van der Waals surface area contributed by atoms with Crippen molar-refractivity contribution in [1.82, 2.24) is 14.9 Å². The molecular formula is C19H25N3. The molecule has 0 unspecified atom stereocenters. The lowest BCUT2D eigenvalue weighted by Gasteiger charge is -2.26. The van der Waals surface area contributed by atoms with Crippen LogP contribution in [0.15, 0.2) is 42.7 Å². The number of hydrogen-bond donors (Lipinski definition) is 0. The predicted molar refractivity (Wildman–Crippen MR) is 90.4 cm³/mol. The van der Waals surface area contributed by atoms with Crippen LogP contribution in [0.25, 0.3) is 11.3 Å². The zero-order valence-electron chi connectivity index (χ0n) is 13.4. The van der Waals surface area contributed by atoms with Crippen LogP contribution in [0.3, 0.4) is 0 Å². The molecule has 0 radical (unpaired) electrons. The Hall–Kier alpha value is -1.74. The van der Waals surface area contributed by atoms with Gasteiger partial charge in [-0.15, -0.1) is 0 Å².